The Labute approximate surface area is 96.0 Å². The zero-order valence-electron chi connectivity index (χ0n) is 7.94. The second-order valence-electron chi connectivity index (χ2n) is 3.22. The molecule has 3 rings (SSSR count). The van der Waals surface area contributed by atoms with E-state index in [9.17, 15) is 0 Å². The van der Waals surface area contributed by atoms with Gasteiger partial charge in [0.1, 0.15) is 0 Å². The third-order valence-corrected chi connectivity index (χ3v) is 4.09. The Morgan fingerprint density at radius 1 is 0.867 bits per heavy atom. The first-order valence-corrected chi connectivity index (χ1v) is 6.46. The molecule has 0 radical (unpaired) electrons. The van der Waals surface area contributed by atoms with Gasteiger partial charge < -0.3 is 4.98 Å². The molecular weight excluding hydrogens is 222 g/mol. The molecule has 0 spiro atoms. The van der Waals surface area contributed by atoms with Crippen LogP contribution in [0.15, 0.2) is 47.3 Å². The standard InChI is InChI=1S/C12H9NS2/c1-3-10(14-7-1)9-5-6-13-12(9)11-4-2-8-15-11/h1-8,13H. The van der Waals surface area contributed by atoms with Crippen LogP contribution in [0.25, 0.3) is 21.0 Å². The van der Waals surface area contributed by atoms with Crippen molar-refractivity contribution in [3.8, 4) is 21.0 Å². The normalized spacial score (nSPS) is 10.7. The summed E-state index contributed by atoms with van der Waals surface area (Å²) in [6.45, 7) is 0. The molecular formula is C12H9NS2. The molecule has 0 aromatic carbocycles. The predicted octanol–water partition coefficient (Wildman–Crippen LogP) is 4.47. The van der Waals surface area contributed by atoms with Crippen LogP contribution in [-0.4, -0.2) is 4.98 Å². The average molecular weight is 231 g/mol. The molecule has 0 fully saturated rings. The van der Waals surface area contributed by atoms with E-state index in [0.717, 1.165) is 0 Å². The van der Waals surface area contributed by atoms with Gasteiger partial charge >= 0.3 is 0 Å². The number of aromatic nitrogens is 1. The van der Waals surface area contributed by atoms with Gasteiger partial charge in [-0.15, -0.1) is 22.7 Å². The highest BCUT2D eigenvalue weighted by Crippen LogP contribution is 2.35. The van der Waals surface area contributed by atoms with Crippen LogP contribution in [0, 0.1) is 0 Å². The monoisotopic (exact) mass is 231 g/mol. The number of nitrogens with one attached hydrogen (secondary N) is 1. The Balaban J connectivity index is 2.15. The molecule has 0 saturated heterocycles. The number of aromatic amines is 1. The molecule has 0 saturated carbocycles. The van der Waals surface area contributed by atoms with Gasteiger partial charge in [-0.05, 0) is 29.0 Å². The van der Waals surface area contributed by atoms with Gasteiger partial charge in [-0.25, -0.2) is 0 Å². The Hall–Kier alpha value is -1.32. The third-order valence-electron chi connectivity index (χ3n) is 2.30. The van der Waals surface area contributed by atoms with Crippen LogP contribution in [0.3, 0.4) is 0 Å². The highest BCUT2D eigenvalue weighted by atomic mass is 32.1. The Kier molecular flexibility index (Phi) is 2.19. The summed E-state index contributed by atoms with van der Waals surface area (Å²) in [6, 6.07) is 10.6. The molecule has 0 atom stereocenters. The topological polar surface area (TPSA) is 15.8 Å². The maximum atomic E-state index is 3.31. The van der Waals surface area contributed by atoms with Crippen molar-refractivity contribution < 1.29 is 0 Å². The lowest BCUT2D eigenvalue weighted by Crippen LogP contribution is -1.74. The fourth-order valence-corrected chi connectivity index (χ4v) is 3.14. The van der Waals surface area contributed by atoms with Crippen LogP contribution >= 0.6 is 22.7 Å². The molecule has 0 aliphatic carbocycles. The molecule has 0 bridgehead atoms. The molecule has 0 aliphatic heterocycles. The molecule has 3 aromatic heterocycles. The molecule has 1 nitrogen and oxygen atoms in total. The lowest BCUT2D eigenvalue weighted by molar-refractivity contribution is 1.42. The Morgan fingerprint density at radius 3 is 2.27 bits per heavy atom. The van der Waals surface area contributed by atoms with Crippen LogP contribution in [-0.2, 0) is 0 Å². The van der Waals surface area contributed by atoms with Gasteiger partial charge in [0.2, 0.25) is 0 Å². The average Bonchev–Trinajstić information content (AvgIpc) is 3.01. The smallest absolute Gasteiger partial charge is 0.0643 e. The number of thiophene rings is 2. The summed E-state index contributed by atoms with van der Waals surface area (Å²) in [5.41, 5.74) is 2.53. The first-order chi connectivity index (χ1) is 7.45. The summed E-state index contributed by atoms with van der Waals surface area (Å²) in [4.78, 5) is 5.93. The maximum absolute atomic E-state index is 3.31. The van der Waals surface area contributed by atoms with E-state index < -0.39 is 0 Å². The molecule has 0 amide bonds. The van der Waals surface area contributed by atoms with Crippen LogP contribution in [0.2, 0.25) is 0 Å². The van der Waals surface area contributed by atoms with Crippen LogP contribution in [0.5, 0.6) is 0 Å². The van der Waals surface area contributed by atoms with Crippen molar-refractivity contribution >= 4 is 22.7 Å². The lowest BCUT2D eigenvalue weighted by atomic mass is 10.2. The molecule has 74 valence electrons. The van der Waals surface area contributed by atoms with Gasteiger partial charge in [-0.2, -0.15) is 0 Å². The minimum atomic E-state index is 1.23. The molecule has 0 aliphatic rings. The molecule has 1 N–H and O–H groups in total. The minimum Gasteiger partial charge on any atom is -0.360 e. The fourth-order valence-electron chi connectivity index (χ4n) is 1.63. The van der Waals surface area contributed by atoms with E-state index in [1.54, 1.807) is 22.7 Å². The summed E-state index contributed by atoms with van der Waals surface area (Å²) in [5, 5.41) is 4.22. The summed E-state index contributed by atoms with van der Waals surface area (Å²) in [5.74, 6) is 0. The van der Waals surface area contributed by atoms with E-state index in [1.807, 2.05) is 6.20 Å². The van der Waals surface area contributed by atoms with E-state index >= 15 is 0 Å². The van der Waals surface area contributed by atoms with Gasteiger partial charge in [-0.3, -0.25) is 0 Å². The third kappa shape index (κ3) is 1.54. The van der Waals surface area contributed by atoms with E-state index in [4.69, 9.17) is 0 Å². The largest absolute Gasteiger partial charge is 0.360 e. The maximum Gasteiger partial charge on any atom is 0.0643 e. The van der Waals surface area contributed by atoms with E-state index in [-0.39, 0.29) is 0 Å². The van der Waals surface area contributed by atoms with Crippen LogP contribution in [0.4, 0.5) is 0 Å². The van der Waals surface area contributed by atoms with Crippen LogP contribution in [0.1, 0.15) is 0 Å². The highest BCUT2D eigenvalue weighted by Gasteiger charge is 2.09. The fraction of sp³-hybridized carbons (Fsp3) is 0. The predicted molar refractivity (Wildman–Crippen MR) is 67.4 cm³/mol. The number of hydrogen-bond donors (Lipinski definition) is 1. The Bertz CT molecular complexity index is 483. The molecule has 15 heavy (non-hydrogen) atoms. The second kappa shape index (κ2) is 3.68. The summed E-state index contributed by atoms with van der Waals surface area (Å²) in [7, 11) is 0. The van der Waals surface area contributed by atoms with Crippen molar-refractivity contribution in [2.45, 2.75) is 0 Å². The van der Waals surface area contributed by atoms with Crippen molar-refractivity contribution in [3.05, 3.63) is 47.3 Å². The first kappa shape index (κ1) is 8.95. The van der Waals surface area contributed by atoms with Crippen LogP contribution < -0.4 is 0 Å². The van der Waals surface area contributed by atoms with Crippen molar-refractivity contribution in [2.75, 3.05) is 0 Å². The second-order valence-corrected chi connectivity index (χ2v) is 5.12. The quantitative estimate of drug-likeness (QED) is 0.669. The molecule has 3 aromatic rings. The zero-order chi connectivity index (χ0) is 10.1. The summed E-state index contributed by atoms with van der Waals surface area (Å²) >= 11 is 3.54. The van der Waals surface area contributed by atoms with Gasteiger partial charge in [0.15, 0.2) is 0 Å². The number of rotatable bonds is 2. The zero-order valence-corrected chi connectivity index (χ0v) is 9.57. The molecule has 3 heteroatoms. The van der Waals surface area contributed by atoms with Gasteiger partial charge in [-0.1, -0.05) is 12.1 Å². The first-order valence-electron chi connectivity index (χ1n) is 4.70. The summed E-state index contributed by atoms with van der Waals surface area (Å²) in [6.07, 6.45) is 2.00. The van der Waals surface area contributed by atoms with Crippen molar-refractivity contribution in [1.29, 1.82) is 0 Å². The SMILES string of the molecule is c1csc(-c2cc[nH]c2-c2cccs2)c1. The van der Waals surface area contributed by atoms with Gasteiger partial charge in [0, 0.05) is 16.6 Å². The van der Waals surface area contributed by atoms with Crippen molar-refractivity contribution in [2.24, 2.45) is 0 Å². The van der Waals surface area contributed by atoms with E-state index in [1.165, 1.54) is 21.0 Å². The highest BCUT2D eigenvalue weighted by molar-refractivity contribution is 7.14. The van der Waals surface area contributed by atoms with E-state index in [2.05, 4.69) is 46.1 Å². The number of H-pyrrole nitrogens is 1. The molecule has 3 heterocycles. The van der Waals surface area contributed by atoms with Crippen molar-refractivity contribution in [1.82, 2.24) is 4.98 Å². The Morgan fingerprint density at radius 2 is 1.60 bits per heavy atom. The lowest BCUT2D eigenvalue weighted by Gasteiger charge is -1.98. The number of hydrogen-bond acceptors (Lipinski definition) is 2. The molecule has 0 unspecified atom stereocenters. The minimum absolute atomic E-state index is 1.23. The van der Waals surface area contributed by atoms with Gasteiger partial charge in [0.25, 0.3) is 0 Å². The van der Waals surface area contributed by atoms with E-state index in [0.29, 0.717) is 0 Å². The summed E-state index contributed by atoms with van der Waals surface area (Å²) < 4.78 is 0. The van der Waals surface area contributed by atoms with Gasteiger partial charge in [0.05, 0.1) is 10.6 Å². The van der Waals surface area contributed by atoms with Crippen molar-refractivity contribution in [3.63, 3.8) is 0 Å².